The van der Waals surface area contributed by atoms with Crippen LogP contribution in [-0.4, -0.2) is 57.5 Å². The first-order chi connectivity index (χ1) is 20.1. The van der Waals surface area contributed by atoms with E-state index >= 15 is 0 Å². The fourth-order valence-electron chi connectivity index (χ4n) is 4.56. The van der Waals surface area contributed by atoms with E-state index in [4.69, 9.17) is 25.3 Å². The van der Waals surface area contributed by atoms with Gasteiger partial charge in [0.15, 0.2) is 10.8 Å². The highest BCUT2D eigenvalue weighted by atomic mass is 32.1. The van der Waals surface area contributed by atoms with Crippen LogP contribution in [0.5, 0.6) is 0 Å². The molecule has 41 heavy (non-hydrogen) atoms. The molecule has 1 aliphatic rings. The number of amidine groups is 1. The van der Waals surface area contributed by atoms with Crippen LogP contribution in [0, 0.1) is 0 Å². The number of ether oxygens (including phenoxy) is 1. The number of aromatic nitrogens is 4. The number of imidazole rings is 1. The number of rotatable bonds is 8. The molecule has 0 atom stereocenters. The third-order valence-electron chi connectivity index (χ3n) is 6.61. The number of nitrogens with zero attached hydrogens (tertiary/aromatic N) is 6. The van der Waals surface area contributed by atoms with E-state index in [1.807, 2.05) is 52.4 Å². The molecule has 1 saturated heterocycles. The molecule has 5 aromatic rings. The number of hydrogen-bond acceptors (Lipinski definition) is 10. The van der Waals surface area contributed by atoms with Crippen LogP contribution in [-0.2, 0) is 14.4 Å². The maximum absolute atomic E-state index is 11.5. The molecule has 208 valence electrons. The smallest absolute Gasteiger partial charge is 0.334 e. The first-order valence-electron chi connectivity index (χ1n) is 13.2. The molecule has 3 N–H and O–H groups in total. The third-order valence-corrected chi connectivity index (χ3v) is 7.36. The number of nitrogens with two attached hydrogens (primary N) is 1. The van der Waals surface area contributed by atoms with E-state index in [0.29, 0.717) is 17.2 Å². The average Bonchev–Trinajstić information content (AvgIpc) is 3.62. The van der Waals surface area contributed by atoms with Crippen molar-refractivity contribution in [1.29, 1.82) is 0 Å². The topological polar surface area (TPSA) is 132 Å². The quantitative estimate of drug-likeness (QED) is 0.119. The predicted octanol–water partition coefficient (Wildman–Crippen LogP) is 4.67. The van der Waals surface area contributed by atoms with Gasteiger partial charge in [0.05, 0.1) is 24.6 Å². The van der Waals surface area contributed by atoms with Gasteiger partial charge in [0.1, 0.15) is 5.69 Å². The summed E-state index contributed by atoms with van der Waals surface area (Å²) in [7, 11) is 0. The Labute approximate surface area is 240 Å². The van der Waals surface area contributed by atoms with E-state index in [2.05, 4.69) is 32.5 Å². The minimum Gasteiger partial charge on any atom is -0.380 e. The molecule has 0 spiro atoms. The molecule has 2 aromatic carbocycles. The van der Waals surface area contributed by atoms with Crippen molar-refractivity contribution >= 4 is 45.4 Å². The lowest BCUT2D eigenvalue weighted by atomic mass is 10.0. The molecule has 0 amide bonds. The molecule has 0 unspecified atom stereocenters. The Hall–Kier alpha value is -4.81. The molecule has 12 heteroatoms. The standard InChI is InChI=1S/C29H28N8O3S/c1-2-24(38)40-35-27(30)20-6-3-5-19(17-20)25-26(37-13-16-41-29(37)34-25)23-9-10-31-28(33-23)32-21-7-4-8-22(18-21)36-11-14-39-15-12-36/h3-10,13,16-18H,2,11-12,14-15H2,1H3,(H2,30,35)(H,31,32,33). The molecule has 0 aliphatic carbocycles. The monoisotopic (exact) mass is 568 g/mol. The van der Waals surface area contributed by atoms with Gasteiger partial charge >= 0.3 is 5.97 Å². The summed E-state index contributed by atoms with van der Waals surface area (Å²) in [6.07, 6.45) is 3.91. The zero-order valence-corrected chi connectivity index (χ0v) is 23.2. The highest BCUT2D eigenvalue weighted by Gasteiger charge is 2.19. The predicted molar refractivity (Wildman–Crippen MR) is 159 cm³/mol. The van der Waals surface area contributed by atoms with Gasteiger partial charge < -0.3 is 25.5 Å². The van der Waals surface area contributed by atoms with Crippen molar-refractivity contribution in [2.75, 3.05) is 36.5 Å². The molecule has 3 aromatic heterocycles. The van der Waals surface area contributed by atoms with E-state index in [0.717, 1.165) is 59.6 Å². The van der Waals surface area contributed by atoms with Crippen molar-refractivity contribution in [3.63, 3.8) is 0 Å². The van der Waals surface area contributed by atoms with Crippen molar-refractivity contribution in [1.82, 2.24) is 19.4 Å². The van der Waals surface area contributed by atoms with Crippen molar-refractivity contribution in [2.24, 2.45) is 10.9 Å². The summed E-state index contributed by atoms with van der Waals surface area (Å²) in [4.78, 5) is 33.8. The molecule has 0 radical (unpaired) electrons. The number of nitrogens with one attached hydrogen (secondary N) is 1. The van der Waals surface area contributed by atoms with Gasteiger partial charge in [0, 0.05) is 59.8 Å². The number of carbonyl (C=O) groups is 1. The lowest BCUT2D eigenvalue weighted by molar-refractivity contribution is -0.143. The number of hydrogen-bond donors (Lipinski definition) is 2. The van der Waals surface area contributed by atoms with Crippen LogP contribution in [0.15, 0.2) is 77.5 Å². The van der Waals surface area contributed by atoms with Gasteiger partial charge in [-0.2, -0.15) is 0 Å². The largest absolute Gasteiger partial charge is 0.380 e. The van der Waals surface area contributed by atoms with Crippen LogP contribution >= 0.6 is 11.3 Å². The van der Waals surface area contributed by atoms with Crippen molar-refractivity contribution in [3.8, 4) is 22.6 Å². The normalized spacial score (nSPS) is 13.9. The zero-order valence-electron chi connectivity index (χ0n) is 22.4. The molecule has 0 bridgehead atoms. The van der Waals surface area contributed by atoms with Gasteiger partial charge in [0.25, 0.3) is 0 Å². The summed E-state index contributed by atoms with van der Waals surface area (Å²) in [6.45, 7) is 4.86. The fraction of sp³-hybridized carbons (Fsp3) is 0.207. The number of morpholine rings is 1. The SMILES string of the molecule is CCC(=O)O/N=C(\N)c1cccc(-c2nc3sccn3c2-c2ccnc(Nc3cccc(N4CCOCC4)c3)n2)c1. The number of anilines is 3. The van der Waals surface area contributed by atoms with E-state index in [1.165, 1.54) is 11.3 Å². The fourth-order valence-corrected chi connectivity index (χ4v) is 5.27. The second kappa shape index (κ2) is 11.7. The van der Waals surface area contributed by atoms with Gasteiger partial charge in [-0.3, -0.25) is 4.40 Å². The lowest BCUT2D eigenvalue weighted by Crippen LogP contribution is -2.36. The second-order valence-corrected chi connectivity index (χ2v) is 10.2. The molecule has 11 nitrogen and oxygen atoms in total. The summed E-state index contributed by atoms with van der Waals surface area (Å²) in [5, 5.41) is 9.12. The summed E-state index contributed by atoms with van der Waals surface area (Å²) in [5.74, 6) is 0.117. The minimum atomic E-state index is -0.457. The van der Waals surface area contributed by atoms with E-state index in [-0.39, 0.29) is 12.3 Å². The first-order valence-corrected chi connectivity index (χ1v) is 14.1. The van der Waals surface area contributed by atoms with Crippen molar-refractivity contribution < 1.29 is 14.4 Å². The Kier molecular flexibility index (Phi) is 7.56. The molecule has 1 aliphatic heterocycles. The minimum absolute atomic E-state index is 0.101. The molecule has 6 rings (SSSR count). The van der Waals surface area contributed by atoms with E-state index in [9.17, 15) is 4.79 Å². The summed E-state index contributed by atoms with van der Waals surface area (Å²) >= 11 is 1.53. The van der Waals surface area contributed by atoms with Crippen LogP contribution in [0.4, 0.5) is 17.3 Å². The Morgan fingerprint density at radius 2 is 2.00 bits per heavy atom. The van der Waals surface area contributed by atoms with Crippen LogP contribution in [0.2, 0.25) is 0 Å². The van der Waals surface area contributed by atoms with Gasteiger partial charge in [-0.15, -0.1) is 11.3 Å². The molecular weight excluding hydrogens is 540 g/mol. The maximum Gasteiger partial charge on any atom is 0.334 e. The highest BCUT2D eigenvalue weighted by molar-refractivity contribution is 7.15. The second-order valence-electron chi connectivity index (χ2n) is 9.28. The zero-order chi connectivity index (χ0) is 28.2. The van der Waals surface area contributed by atoms with Crippen LogP contribution in [0.3, 0.4) is 0 Å². The first kappa shape index (κ1) is 26.4. The number of oxime groups is 1. The van der Waals surface area contributed by atoms with E-state index in [1.54, 1.807) is 19.2 Å². The Bertz CT molecular complexity index is 1720. The maximum atomic E-state index is 11.5. The number of carbonyl (C=O) groups excluding carboxylic acids is 1. The molecule has 4 heterocycles. The van der Waals surface area contributed by atoms with E-state index < -0.39 is 5.97 Å². The van der Waals surface area contributed by atoms with Crippen molar-refractivity contribution in [2.45, 2.75) is 13.3 Å². The molecule has 0 saturated carbocycles. The van der Waals surface area contributed by atoms with Gasteiger partial charge in [-0.05, 0) is 30.3 Å². The van der Waals surface area contributed by atoms with Crippen LogP contribution < -0.4 is 16.0 Å². The summed E-state index contributed by atoms with van der Waals surface area (Å²) in [6, 6.07) is 17.6. The average molecular weight is 569 g/mol. The Morgan fingerprint density at radius 1 is 1.15 bits per heavy atom. The number of fused-ring (bicyclic) bond motifs is 1. The number of thiazole rings is 1. The molecular formula is C29H28N8O3S. The third kappa shape index (κ3) is 5.74. The lowest BCUT2D eigenvalue weighted by Gasteiger charge is -2.29. The molecule has 1 fully saturated rings. The van der Waals surface area contributed by atoms with Crippen LogP contribution in [0.25, 0.3) is 27.6 Å². The summed E-state index contributed by atoms with van der Waals surface area (Å²) < 4.78 is 7.50. The Morgan fingerprint density at radius 3 is 2.85 bits per heavy atom. The Balaban J connectivity index is 1.33. The summed E-state index contributed by atoms with van der Waals surface area (Å²) in [5.41, 5.74) is 11.8. The van der Waals surface area contributed by atoms with Crippen LogP contribution in [0.1, 0.15) is 18.9 Å². The number of benzene rings is 2. The van der Waals surface area contributed by atoms with Gasteiger partial charge in [-0.1, -0.05) is 36.3 Å². The highest BCUT2D eigenvalue weighted by Crippen LogP contribution is 2.34. The van der Waals surface area contributed by atoms with Gasteiger partial charge in [-0.25, -0.2) is 19.7 Å². The van der Waals surface area contributed by atoms with Crippen molar-refractivity contribution in [3.05, 3.63) is 77.9 Å². The van der Waals surface area contributed by atoms with Gasteiger partial charge in [0.2, 0.25) is 5.95 Å².